The number of fused-ring (bicyclic) bond motifs is 1. The normalized spacial score (nSPS) is 17.1. The number of aromatic amines is 1. The number of imidazole rings is 1. The number of benzene rings is 2. The van der Waals surface area contributed by atoms with E-state index in [1.165, 1.54) is 27.8 Å². The van der Waals surface area contributed by atoms with E-state index in [2.05, 4.69) is 59.9 Å². The van der Waals surface area contributed by atoms with Gasteiger partial charge in [-0.15, -0.1) is 0 Å². The van der Waals surface area contributed by atoms with Gasteiger partial charge in [0.2, 0.25) is 0 Å². The second-order valence-electron chi connectivity index (χ2n) is 7.26. The molecule has 1 heterocycles. The molecule has 1 aromatic heterocycles. The van der Waals surface area contributed by atoms with Gasteiger partial charge in [0.1, 0.15) is 0 Å². The van der Waals surface area contributed by atoms with Crippen molar-refractivity contribution in [2.24, 2.45) is 0 Å². The summed E-state index contributed by atoms with van der Waals surface area (Å²) in [4.78, 5) is 19.4. The molecule has 1 aliphatic carbocycles. The number of H-pyrrole nitrogens is 1. The number of quaternary nitrogens is 1. The quantitative estimate of drug-likeness (QED) is 0.761. The van der Waals surface area contributed by atoms with Crippen LogP contribution in [0.15, 0.2) is 48.9 Å². The fourth-order valence-electron chi connectivity index (χ4n) is 4.30. The second kappa shape index (κ2) is 6.54. The summed E-state index contributed by atoms with van der Waals surface area (Å²) in [5.41, 5.74) is 12.0. The molecule has 4 nitrogen and oxygen atoms in total. The van der Waals surface area contributed by atoms with Crippen LogP contribution in [0.4, 0.5) is 0 Å². The molecule has 1 amide bonds. The van der Waals surface area contributed by atoms with Gasteiger partial charge in [0.05, 0.1) is 11.9 Å². The minimum atomic E-state index is -0.122. The molecule has 4 N–H and O–H groups in total. The first kappa shape index (κ1) is 16.7. The number of hydrogen-bond acceptors (Lipinski definition) is 2. The number of nitrogens with zero attached hydrogens (tertiary/aromatic N) is 1. The Morgan fingerprint density at radius 2 is 2.12 bits per heavy atom. The summed E-state index contributed by atoms with van der Waals surface area (Å²) in [6.07, 6.45) is 5.79. The summed E-state index contributed by atoms with van der Waals surface area (Å²) < 4.78 is 0. The highest BCUT2D eigenvalue weighted by Gasteiger charge is 2.34. The van der Waals surface area contributed by atoms with Gasteiger partial charge in [-0.1, -0.05) is 24.3 Å². The lowest BCUT2D eigenvalue weighted by atomic mass is 9.78. The van der Waals surface area contributed by atoms with Crippen molar-refractivity contribution in [2.45, 2.75) is 38.5 Å². The predicted octanol–water partition coefficient (Wildman–Crippen LogP) is 3.27. The van der Waals surface area contributed by atoms with Gasteiger partial charge >= 0.3 is 5.91 Å². The molecule has 1 aliphatic rings. The molecule has 4 heteroatoms. The Bertz CT molecular complexity index is 960. The summed E-state index contributed by atoms with van der Waals surface area (Å²) in [6, 6.07) is 12.6. The monoisotopic (exact) mass is 346 g/mol. The van der Waals surface area contributed by atoms with Crippen LogP contribution in [0.2, 0.25) is 0 Å². The Balaban J connectivity index is 1.87. The Morgan fingerprint density at radius 3 is 2.85 bits per heavy atom. The van der Waals surface area contributed by atoms with Crippen molar-refractivity contribution in [3.05, 3.63) is 88.0 Å². The molecule has 0 saturated heterocycles. The Morgan fingerprint density at radius 1 is 1.27 bits per heavy atom. The molecule has 0 saturated carbocycles. The lowest BCUT2D eigenvalue weighted by Gasteiger charge is -2.26. The maximum absolute atomic E-state index is 11.8. The van der Waals surface area contributed by atoms with Crippen LogP contribution in [0.25, 0.3) is 0 Å². The van der Waals surface area contributed by atoms with E-state index in [4.69, 9.17) is 0 Å². The smallest absolute Gasteiger partial charge is 0.340 e. The summed E-state index contributed by atoms with van der Waals surface area (Å²) in [6.45, 7) is 4.35. The number of hydrogen-bond donors (Lipinski definition) is 2. The van der Waals surface area contributed by atoms with Crippen molar-refractivity contribution in [1.29, 1.82) is 0 Å². The summed E-state index contributed by atoms with van der Waals surface area (Å²) >= 11 is 0. The fraction of sp³-hybridized carbons (Fsp3) is 0.273. The number of amides is 1. The van der Waals surface area contributed by atoms with Gasteiger partial charge in [0, 0.05) is 17.8 Å². The molecule has 2 aromatic carbocycles. The highest BCUT2D eigenvalue weighted by atomic mass is 16.1. The molecule has 2 unspecified atom stereocenters. The van der Waals surface area contributed by atoms with E-state index in [1.807, 2.05) is 12.3 Å². The standard InChI is InChI=1S/C22H23N3O/c1-13-4-3-5-17(14(13)2)21(20-11-24-12-25-20)18-9-8-15-6-7-16(22(23)26)10-19(15)18/h3-7,10-12,18,21H,8-9H2,1-2H3,(H2,23,26)(H,24,25)/p+1. The Kier molecular flexibility index (Phi) is 4.21. The number of carbonyl (C=O) groups excluding carboxylic acids is 1. The van der Waals surface area contributed by atoms with E-state index < -0.39 is 0 Å². The van der Waals surface area contributed by atoms with Gasteiger partial charge in [-0.25, -0.2) is 9.78 Å². The van der Waals surface area contributed by atoms with Crippen molar-refractivity contribution in [2.75, 3.05) is 0 Å². The zero-order chi connectivity index (χ0) is 18.3. The molecule has 0 aliphatic heterocycles. The number of carbonyl (C=O) groups is 1. The van der Waals surface area contributed by atoms with E-state index in [9.17, 15) is 4.79 Å². The SMILES string of the molecule is Cc1cccc(C(c2cnc[nH]2)C2CCc3ccc(C([NH3+])=O)cc32)c1C. The highest BCUT2D eigenvalue weighted by molar-refractivity contribution is 5.86. The molecular formula is C22H24N3O+. The van der Waals surface area contributed by atoms with E-state index in [0.717, 1.165) is 18.5 Å². The van der Waals surface area contributed by atoms with Crippen LogP contribution in [-0.2, 0) is 6.42 Å². The minimum absolute atomic E-state index is 0.122. The third-order valence-electron chi connectivity index (χ3n) is 5.83. The second-order valence-corrected chi connectivity index (χ2v) is 7.26. The van der Waals surface area contributed by atoms with Gasteiger partial charge < -0.3 is 4.98 Å². The lowest BCUT2D eigenvalue weighted by molar-refractivity contribution is -0.255. The zero-order valence-corrected chi connectivity index (χ0v) is 15.3. The van der Waals surface area contributed by atoms with Gasteiger partial charge in [0.25, 0.3) is 0 Å². The van der Waals surface area contributed by atoms with Crippen molar-refractivity contribution >= 4 is 5.91 Å². The third kappa shape index (κ3) is 2.76. The maximum Gasteiger partial charge on any atom is 0.340 e. The van der Waals surface area contributed by atoms with Crippen LogP contribution in [-0.4, -0.2) is 15.9 Å². The van der Waals surface area contributed by atoms with Crippen LogP contribution in [0.5, 0.6) is 0 Å². The first-order chi connectivity index (χ1) is 12.6. The van der Waals surface area contributed by atoms with E-state index in [0.29, 0.717) is 11.5 Å². The Labute approximate surface area is 153 Å². The van der Waals surface area contributed by atoms with Crippen LogP contribution < -0.4 is 5.73 Å². The molecule has 0 bridgehead atoms. The molecule has 2 atom stereocenters. The van der Waals surface area contributed by atoms with E-state index in [-0.39, 0.29) is 11.8 Å². The van der Waals surface area contributed by atoms with Crippen LogP contribution >= 0.6 is 0 Å². The average molecular weight is 346 g/mol. The van der Waals surface area contributed by atoms with Gasteiger partial charge in [-0.3, -0.25) is 5.73 Å². The van der Waals surface area contributed by atoms with E-state index in [1.54, 1.807) is 6.33 Å². The highest BCUT2D eigenvalue weighted by Crippen LogP contribution is 2.46. The first-order valence-corrected chi connectivity index (χ1v) is 9.09. The van der Waals surface area contributed by atoms with E-state index >= 15 is 0 Å². The van der Waals surface area contributed by atoms with Crippen molar-refractivity contribution < 1.29 is 10.5 Å². The van der Waals surface area contributed by atoms with Crippen molar-refractivity contribution in [3.63, 3.8) is 0 Å². The molecule has 0 fully saturated rings. The van der Waals surface area contributed by atoms with Gasteiger partial charge in [-0.05, 0) is 72.6 Å². The topological polar surface area (TPSA) is 73.4 Å². The third-order valence-corrected chi connectivity index (χ3v) is 5.83. The number of rotatable bonds is 4. The number of aromatic nitrogens is 2. The van der Waals surface area contributed by atoms with Crippen LogP contribution in [0, 0.1) is 13.8 Å². The average Bonchev–Trinajstić information content (AvgIpc) is 3.29. The summed E-state index contributed by atoms with van der Waals surface area (Å²) in [7, 11) is 0. The molecule has 0 radical (unpaired) electrons. The summed E-state index contributed by atoms with van der Waals surface area (Å²) in [5, 5.41) is 0. The number of nitrogens with one attached hydrogen (secondary N) is 1. The molecule has 4 rings (SSSR count). The van der Waals surface area contributed by atoms with Crippen LogP contribution in [0.1, 0.15) is 62.1 Å². The maximum atomic E-state index is 11.8. The van der Waals surface area contributed by atoms with Crippen molar-refractivity contribution in [3.8, 4) is 0 Å². The van der Waals surface area contributed by atoms with Crippen molar-refractivity contribution in [1.82, 2.24) is 9.97 Å². The largest absolute Gasteiger partial charge is 0.348 e. The van der Waals surface area contributed by atoms with Gasteiger partial charge in [-0.2, -0.15) is 0 Å². The summed E-state index contributed by atoms with van der Waals surface area (Å²) in [5.74, 6) is 0.405. The zero-order valence-electron chi connectivity index (χ0n) is 15.3. The predicted molar refractivity (Wildman–Crippen MR) is 101 cm³/mol. The molecular weight excluding hydrogens is 322 g/mol. The number of aryl methyl sites for hydroxylation is 2. The molecule has 132 valence electrons. The molecule has 0 spiro atoms. The van der Waals surface area contributed by atoms with Gasteiger partial charge in [0.15, 0.2) is 0 Å². The molecule has 3 aromatic rings. The van der Waals surface area contributed by atoms with Crippen LogP contribution in [0.3, 0.4) is 0 Å². The Hall–Kier alpha value is -2.72. The fourth-order valence-corrected chi connectivity index (χ4v) is 4.30. The molecule has 26 heavy (non-hydrogen) atoms. The minimum Gasteiger partial charge on any atom is -0.348 e. The lowest BCUT2D eigenvalue weighted by Crippen LogP contribution is -2.56. The first-order valence-electron chi connectivity index (χ1n) is 9.09.